The van der Waals surface area contributed by atoms with Crippen molar-refractivity contribution in [3.8, 4) is 0 Å². The van der Waals surface area contributed by atoms with E-state index in [4.69, 9.17) is 18.3 Å². The SMILES string of the molecule is Cc1cn([C@H]2O[C@H]3COP(=O)(OCCc4ccccc4)O[C@@H]3[C@H]2F)c(=O)[nH]c1=O. The smallest absolute Gasteiger partial charge is 0.346 e. The van der Waals surface area contributed by atoms with Crippen LogP contribution in [0.4, 0.5) is 4.39 Å². The van der Waals surface area contributed by atoms with Gasteiger partial charge in [-0.15, -0.1) is 0 Å². The average Bonchev–Trinajstić information content (AvgIpc) is 3.01. The summed E-state index contributed by atoms with van der Waals surface area (Å²) in [5, 5.41) is 0. The zero-order valence-corrected chi connectivity index (χ0v) is 16.4. The van der Waals surface area contributed by atoms with Crippen molar-refractivity contribution in [2.45, 2.75) is 38.0 Å². The zero-order valence-electron chi connectivity index (χ0n) is 15.5. The number of halogens is 1. The Labute approximate surface area is 165 Å². The molecular weight excluding hydrogens is 406 g/mol. The van der Waals surface area contributed by atoms with Crippen LogP contribution in [0.25, 0.3) is 0 Å². The van der Waals surface area contributed by atoms with Crippen molar-refractivity contribution >= 4 is 7.82 Å². The van der Waals surface area contributed by atoms with Crippen molar-refractivity contribution in [1.82, 2.24) is 9.55 Å². The van der Waals surface area contributed by atoms with E-state index in [2.05, 4.69) is 4.98 Å². The summed E-state index contributed by atoms with van der Waals surface area (Å²) in [4.78, 5) is 25.7. The van der Waals surface area contributed by atoms with Gasteiger partial charge in [0.25, 0.3) is 5.56 Å². The number of phosphoric acid groups is 1. The molecule has 4 rings (SSSR count). The molecule has 1 N–H and O–H groups in total. The normalized spacial score (nSPS) is 31.5. The molecule has 3 heterocycles. The molecule has 0 aliphatic carbocycles. The molecule has 0 spiro atoms. The van der Waals surface area contributed by atoms with Crippen LogP contribution >= 0.6 is 7.82 Å². The minimum Gasteiger partial charge on any atom is -0.346 e. The quantitative estimate of drug-likeness (QED) is 0.727. The molecule has 156 valence electrons. The van der Waals surface area contributed by atoms with Crippen LogP contribution in [0.15, 0.2) is 46.1 Å². The Morgan fingerprint density at radius 2 is 2.07 bits per heavy atom. The van der Waals surface area contributed by atoms with Crippen molar-refractivity contribution in [2.24, 2.45) is 0 Å². The second-order valence-corrected chi connectivity index (χ2v) is 8.49. The summed E-state index contributed by atoms with van der Waals surface area (Å²) in [5.74, 6) is 0. The maximum atomic E-state index is 15.0. The predicted octanol–water partition coefficient (Wildman–Crippen LogP) is 1.86. The number of aryl methyl sites for hydroxylation is 1. The lowest BCUT2D eigenvalue weighted by Gasteiger charge is -2.30. The highest BCUT2D eigenvalue weighted by Gasteiger charge is 2.54. The number of fused-ring (bicyclic) bond motifs is 1. The minimum absolute atomic E-state index is 0.0679. The summed E-state index contributed by atoms with van der Waals surface area (Å²) >= 11 is 0. The first-order valence-electron chi connectivity index (χ1n) is 9.09. The number of nitrogens with zero attached hydrogens (tertiary/aromatic N) is 1. The van der Waals surface area contributed by atoms with Crippen molar-refractivity contribution in [3.05, 3.63) is 68.5 Å². The number of hydrogen-bond donors (Lipinski definition) is 1. The number of aromatic nitrogens is 2. The molecule has 1 aromatic heterocycles. The number of aromatic amines is 1. The van der Waals surface area contributed by atoms with E-state index < -0.39 is 43.7 Å². The highest BCUT2D eigenvalue weighted by molar-refractivity contribution is 7.48. The third-order valence-electron chi connectivity index (χ3n) is 4.82. The van der Waals surface area contributed by atoms with Gasteiger partial charge in [-0.2, -0.15) is 0 Å². The van der Waals surface area contributed by atoms with Crippen LogP contribution in [0.2, 0.25) is 0 Å². The third-order valence-corrected chi connectivity index (χ3v) is 6.28. The van der Waals surface area contributed by atoms with E-state index in [0.717, 1.165) is 10.1 Å². The topological polar surface area (TPSA) is 109 Å². The average molecular weight is 426 g/mol. The molecule has 29 heavy (non-hydrogen) atoms. The first kappa shape index (κ1) is 20.2. The van der Waals surface area contributed by atoms with Gasteiger partial charge in [-0.1, -0.05) is 30.3 Å². The lowest BCUT2D eigenvalue weighted by molar-refractivity contribution is -0.0722. The van der Waals surface area contributed by atoms with E-state index in [0.29, 0.717) is 6.42 Å². The molecule has 5 atom stereocenters. The Morgan fingerprint density at radius 1 is 1.31 bits per heavy atom. The number of rotatable bonds is 5. The van der Waals surface area contributed by atoms with E-state index in [-0.39, 0.29) is 18.8 Å². The first-order valence-corrected chi connectivity index (χ1v) is 10.6. The van der Waals surface area contributed by atoms with E-state index in [9.17, 15) is 14.2 Å². The summed E-state index contributed by atoms with van der Waals surface area (Å²) in [6.45, 7) is 1.35. The monoisotopic (exact) mass is 426 g/mol. The Kier molecular flexibility index (Phi) is 5.54. The molecular formula is C18H20FN2O7P. The fraction of sp³-hybridized carbons (Fsp3) is 0.444. The van der Waals surface area contributed by atoms with Crippen molar-refractivity contribution in [2.75, 3.05) is 13.2 Å². The van der Waals surface area contributed by atoms with Crippen molar-refractivity contribution < 1.29 is 27.3 Å². The molecule has 2 aromatic rings. The number of nitrogens with one attached hydrogen (secondary N) is 1. The summed E-state index contributed by atoms with van der Waals surface area (Å²) < 4.78 is 50.0. The highest BCUT2D eigenvalue weighted by Crippen LogP contribution is 2.57. The summed E-state index contributed by atoms with van der Waals surface area (Å²) in [5.41, 5.74) is -0.167. The molecule has 9 nitrogen and oxygen atoms in total. The van der Waals surface area contributed by atoms with E-state index >= 15 is 4.39 Å². The molecule has 11 heteroatoms. The maximum Gasteiger partial charge on any atom is 0.475 e. The van der Waals surface area contributed by atoms with Crippen molar-refractivity contribution in [3.63, 3.8) is 0 Å². The largest absolute Gasteiger partial charge is 0.475 e. The molecule has 2 fully saturated rings. The molecule has 0 amide bonds. The van der Waals surface area contributed by atoms with Gasteiger partial charge in [-0.05, 0) is 18.9 Å². The van der Waals surface area contributed by atoms with Crippen LogP contribution < -0.4 is 11.2 Å². The van der Waals surface area contributed by atoms with Gasteiger partial charge in [0.2, 0.25) is 0 Å². The highest BCUT2D eigenvalue weighted by atomic mass is 31.2. The van der Waals surface area contributed by atoms with Gasteiger partial charge >= 0.3 is 13.5 Å². The maximum absolute atomic E-state index is 15.0. The van der Waals surface area contributed by atoms with Crippen LogP contribution in [-0.2, 0) is 29.3 Å². The second-order valence-electron chi connectivity index (χ2n) is 6.87. The fourth-order valence-corrected chi connectivity index (χ4v) is 4.68. The molecule has 2 saturated heterocycles. The predicted molar refractivity (Wildman–Crippen MR) is 99.4 cm³/mol. The number of H-pyrrole nitrogens is 1. The Hall–Kier alpha value is -2.10. The Bertz CT molecular complexity index is 1040. The van der Waals surface area contributed by atoms with Gasteiger partial charge in [0.05, 0.1) is 13.2 Å². The lowest BCUT2D eigenvalue weighted by Crippen LogP contribution is -2.39. The van der Waals surface area contributed by atoms with E-state index in [1.165, 1.54) is 13.1 Å². The minimum atomic E-state index is -3.97. The molecule has 0 bridgehead atoms. The fourth-order valence-electron chi connectivity index (χ4n) is 3.29. The number of alkyl halides is 1. The van der Waals surface area contributed by atoms with Gasteiger partial charge in [-0.25, -0.2) is 13.8 Å². The van der Waals surface area contributed by atoms with E-state index in [1.54, 1.807) is 0 Å². The lowest BCUT2D eigenvalue weighted by atomic mass is 10.1. The Morgan fingerprint density at radius 3 is 2.83 bits per heavy atom. The van der Waals surface area contributed by atoms with Crippen LogP contribution in [0.3, 0.4) is 0 Å². The number of ether oxygens (including phenoxy) is 1. The van der Waals surface area contributed by atoms with Crippen LogP contribution in [0.1, 0.15) is 17.4 Å². The Balaban J connectivity index is 1.44. The third kappa shape index (κ3) is 4.12. The van der Waals surface area contributed by atoms with Crippen LogP contribution in [0.5, 0.6) is 0 Å². The number of hydrogen-bond acceptors (Lipinski definition) is 7. The van der Waals surface area contributed by atoms with E-state index in [1.807, 2.05) is 30.3 Å². The first-order chi connectivity index (χ1) is 13.9. The van der Waals surface area contributed by atoms with Gasteiger partial charge < -0.3 is 4.74 Å². The zero-order chi connectivity index (χ0) is 20.6. The van der Waals surface area contributed by atoms with Crippen LogP contribution in [0, 0.1) is 6.92 Å². The molecule has 2 aliphatic heterocycles. The summed E-state index contributed by atoms with van der Waals surface area (Å²) in [7, 11) is -3.97. The standard InChI is InChI=1S/C18H20FN2O7P/c1-11-9-21(18(23)20-16(11)22)17-14(19)15-13(27-17)10-26-29(24,28-15)25-8-7-12-5-3-2-4-6-12/h2-6,9,13-15,17H,7-8,10H2,1H3,(H,20,22,23)/t13-,14+,15-,17-,29?/m0/s1. The van der Waals surface area contributed by atoms with Gasteiger partial charge in [0.15, 0.2) is 12.4 Å². The second kappa shape index (κ2) is 7.97. The van der Waals surface area contributed by atoms with Gasteiger partial charge in [0, 0.05) is 11.8 Å². The molecule has 1 unspecified atom stereocenters. The van der Waals surface area contributed by atoms with Gasteiger partial charge in [-0.3, -0.25) is 27.9 Å². The van der Waals surface area contributed by atoms with Crippen LogP contribution in [-0.4, -0.2) is 41.1 Å². The van der Waals surface area contributed by atoms with Crippen molar-refractivity contribution in [1.29, 1.82) is 0 Å². The molecule has 0 saturated carbocycles. The number of phosphoric ester groups is 1. The summed E-state index contributed by atoms with van der Waals surface area (Å²) in [6, 6.07) is 9.43. The molecule has 1 aromatic carbocycles. The van der Waals surface area contributed by atoms with Gasteiger partial charge in [0.1, 0.15) is 12.2 Å². The summed E-state index contributed by atoms with van der Waals surface area (Å²) in [6.07, 6.45) is -3.54. The molecule has 0 radical (unpaired) electrons. The molecule has 2 aliphatic rings. The number of benzene rings is 1.